The van der Waals surface area contributed by atoms with Gasteiger partial charge in [-0.2, -0.15) is 0 Å². The molecular weight excluding hydrogens is 394 g/mol. The van der Waals surface area contributed by atoms with Crippen LogP contribution in [0.4, 0.5) is 0 Å². The van der Waals surface area contributed by atoms with E-state index in [1.165, 1.54) is 57.1 Å². The van der Waals surface area contributed by atoms with Crippen LogP contribution in [0.5, 0.6) is 0 Å². The van der Waals surface area contributed by atoms with E-state index in [1.54, 1.807) is 30.3 Å². The second-order valence-corrected chi connectivity index (χ2v) is 8.83. The average Bonchev–Trinajstić information content (AvgIpc) is 2.71. The fourth-order valence-corrected chi connectivity index (χ4v) is 4.06. The van der Waals surface area contributed by atoms with E-state index in [1.807, 2.05) is 12.1 Å². The van der Waals surface area contributed by atoms with Crippen molar-refractivity contribution in [3.63, 3.8) is 0 Å². The molecule has 152 valence electrons. The van der Waals surface area contributed by atoms with Gasteiger partial charge < -0.3 is 9.42 Å². The fraction of sp³-hybridized carbons (Fsp3) is 0.435. The zero-order valence-corrected chi connectivity index (χ0v) is 20.5. The summed E-state index contributed by atoms with van der Waals surface area (Å²) in [6, 6.07) is 14.7. The monoisotopic (exact) mass is 424 g/mol. The number of carbonyl (C=O) groups excluding carboxylic acids is 1. The van der Waals surface area contributed by atoms with Gasteiger partial charge in [-0.15, -0.1) is 0 Å². The molecule has 0 fully saturated rings. The Balaban J connectivity index is 0.00000420. The summed E-state index contributed by atoms with van der Waals surface area (Å²) in [6.07, 6.45) is 11.2. The Morgan fingerprint density at radius 3 is 2.00 bits per heavy atom. The van der Waals surface area contributed by atoms with E-state index in [0.29, 0.717) is 0 Å². The zero-order chi connectivity index (χ0) is 20.2. The molecule has 6 heteroatoms. The number of rotatable bonds is 12. The van der Waals surface area contributed by atoms with Crippen LogP contribution in [0.25, 0.3) is 0 Å². The summed E-state index contributed by atoms with van der Waals surface area (Å²) in [4.78, 5) is 24.3. The smallest absolute Gasteiger partial charge is 0.765 e. The van der Waals surface area contributed by atoms with Crippen molar-refractivity contribution in [2.75, 3.05) is 0 Å². The van der Waals surface area contributed by atoms with Gasteiger partial charge in [0.25, 0.3) is 0 Å². The molecule has 0 amide bonds. The topological polar surface area (TPSA) is 66.4 Å². The molecule has 2 rings (SSSR count). The molecule has 1 unspecified atom stereocenters. The van der Waals surface area contributed by atoms with Gasteiger partial charge in [0.15, 0.2) is 0 Å². The standard InChI is InChI=1S/C23H31O4P.Na/c1-2-3-4-5-6-7-8-10-13-20-16-18-21(19-17-20)23(24)27-28(25,26)22-14-11-9-12-15-22;/h9,11-12,14-19H,2-8,10,13H2,1H3,(H,25,26);/q;+1/p-1. The number of benzene rings is 2. The number of hydrogen-bond acceptors (Lipinski definition) is 4. The molecule has 2 aromatic carbocycles. The zero-order valence-electron chi connectivity index (χ0n) is 17.6. The quantitative estimate of drug-likeness (QED) is 0.298. The number of carbonyl (C=O) groups is 1. The first-order valence-electron chi connectivity index (χ1n) is 10.2. The van der Waals surface area contributed by atoms with Crippen molar-refractivity contribution in [1.29, 1.82) is 0 Å². The third-order valence-electron chi connectivity index (χ3n) is 4.78. The normalized spacial score (nSPS) is 12.6. The summed E-state index contributed by atoms with van der Waals surface area (Å²) in [5.74, 6) is -0.846. The maximum atomic E-state index is 12.2. The van der Waals surface area contributed by atoms with E-state index in [4.69, 9.17) is 4.52 Å². The van der Waals surface area contributed by atoms with E-state index in [9.17, 15) is 14.3 Å². The maximum absolute atomic E-state index is 12.2. The Morgan fingerprint density at radius 2 is 1.41 bits per heavy atom. The minimum atomic E-state index is -4.41. The molecule has 0 aliphatic carbocycles. The van der Waals surface area contributed by atoms with Crippen molar-refractivity contribution in [1.82, 2.24) is 0 Å². The number of aryl methyl sites for hydroxylation is 1. The Labute approximate surface area is 196 Å². The second-order valence-electron chi connectivity index (χ2n) is 7.13. The van der Waals surface area contributed by atoms with Gasteiger partial charge in [0, 0.05) is 5.30 Å². The van der Waals surface area contributed by atoms with Crippen molar-refractivity contribution in [2.24, 2.45) is 0 Å². The van der Waals surface area contributed by atoms with E-state index in [0.717, 1.165) is 18.4 Å². The number of hydrogen-bond donors (Lipinski definition) is 0. The van der Waals surface area contributed by atoms with Gasteiger partial charge in [-0.1, -0.05) is 82.2 Å². The van der Waals surface area contributed by atoms with Crippen LogP contribution in [0, 0.1) is 0 Å². The van der Waals surface area contributed by atoms with Gasteiger partial charge in [-0.25, -0.2) is 4.79 Å². The minimum Gasteiger partial charge on any atom is -0.765 e. The molecule has 0 heterocycles. The predicted molar refractivity (Wildman–Crippen MR) is 112 cm³/mol. The van der Waals surface area contributed by atoms with Crippen molar-refractivity contribution in [2.45, 2.75) is 64.7 Å². The van der Waals surface area contributed by atoms with E-state index in [-0.39, 0.29) is 40.4 Å². The van der Waals surface area contributed by atoms with Gasteiger partial charge in [0.1, 0.15) is 0 Å². The Bertz CT molecular complexity index is 762. The first-order chi connectivity index (χ1) is 13.5. The summed E-state index contributed by atoms with van der Waals surface area (Å²) in [6.45, 7) is 2.23. The van der Waals surface area contributed by atoms with Crippen molar-refractivity contribution >= 4 is 18.9 Å². The predicted octanol–water partition coefficient (Wildman–Crippen LogP) is 2.41. The molecule has 0 N–H and O–H groups in total. The van der Waals surface area contributed by atoms with Crippen LogP contribution in [-0.4, -0.2) is 5.97 Å². The molecular formula is C23H30NaO4P. The SMILES string of the molecule is CCCCCCCCCCc1ccc(C(=O)OP(=O)([O-])c2ccccc2)cc1.[Na+]. The molecule has 0 spiro atoms. The van der Waals surface area contributed by atoms with Gasteiger partial charge in [0.2, 0.25) is 7.60 Å². The van der Waals surface area contributed by atoms with Crippen LogP contribution in [0.3, 0.4) is 0 Å². The van der Waals surface area contributed by atoms with E-state index >= 15 is 0 Å². The molecule has 0 saturated carbocycles. The maximum Gasteiger partial charge on any atom is 1.00 e. The van der Waals surface area contributed by atoms with E-state index in [2.05, 4.69) is 6.92 Å². The summed E-state index contributed by atoms with van der Waals surface area (Å²) in [7, 11) is -4.41. The molecule has 4 nitrogen and oxygen atoms in total. The first-order valence-corrected chi connectivity index (χ1v) is 11.8. The molecule has 0 aliphatic rings. The summed E-state index contributed by atoms with van der Waals surface area (Å²) >= 11 is 0. The summed E-state index contributed by atoms with van der Waals surface area (Å²) in [5.41, 5.74) is 1.39. The van der Waals surface area contributed by atoms with Gasteiger partial charge in [-0.3, -0.25) is 4.57 Å². The largest absolute Gasteiger partial charge is 1.00 e. The third-order valence-corrected chi connectivity index (χ3v) is 6.12. The molecule has 29 heavy (non-hydrogen) atoms. The van der Waals surface area contributed by atoms with Gasteiger partial charge in [-0.05, 0) is 42.7 Å². The summed E-state index contributed by atoms with van der Waals surface area (Å²) < 4.78 is 16.9. The fourth-order valence-electron chi connectivity index (χ4n) is 3.10. The van der Waals surface area contributed by atoms with Gasteiger partial charge in [0.05, 0.1) is 5.56 Å². The van der Waals surface area contributed by atoms with E-state index < -0.39 is 13.6 Å². The van der Waals surface area contributed by atoms with Gasteiger partial charge >= 0.3 is 35.5 Å². The second kappa shape index (κ2) is 14.2. The van der Waals surface area contributed by atoms with Crippen LogP contribution >= 0.6 is 7.60 Å². The van der Waals surface area contributed by atoms with Crippen LogP contribution in [0.15, 0.2) is 54.6 Å². The molecule has 0 radical (unpaired) electrons. The molecule has 0 bridgehead atoms. The molecule has 0 saturated heterocycles. The minimum absolute atomic E-state index is 0. The number of unbranched alkanes of at least 4 members (excludes halogenated alkanes) is 7. The Morgan fingerprint density at radius 1 is 0.862 bits per heavy atom. The van der Waals surface area contributed by atoms with Crippen LogP contribution in [0.2, 0.25) is 0 Å². The average molecular weight is 424 g/mol. The molecule has 2 aromatic rings. The summed E-state index contributed by atoms with van der Waals surface area (Å²) in [5, 5.41) is -0.00494. The molecule has 0 aromatic heterocycles. The van der Waals surface area contributed by atoms with Crippen molar-refractivity contribution < 1.29 is 48.3 Å². The van der Waals surface area contributed by atoms with Crippen LogP contribution in [-0.2, 0) is 15.5 Å². The van der Waals surface area contributed by atoms with Crippen LogP contribution in [0.1, 0.15) is 74.2 Å². The molecule has 0 aliphatic heterocycles. The van der Waals surface area contributed by atoms with Crippen molar-refractivity contribution in [3.05, 3.63) is 65.7 Å². The molecule has 1 atom stereocenters. The first kappa shape index (κ1) is 26.1. The Hall–Kier alpha value is -0.900. The van der Waals surface area contributed by atoms with Crippen LogP contribution < -0.4 is 39.8 Å². The third kappa shape index (κ3) is 9.63. The van der Waals surface area contributed by atoms with Crippen molar-refractivity contribution in [3.8, 4) is 0 Å². The Kier molecular flexibility index (Phi) is 12.8.